The Kier molecular flexibility index (Phi) is 7.21. The Balaban J connectivity index is 1.82. The molecule has 0 saturated carbocycles. The average molecular weight is 523 g/mol. The number of rotatable bonds is 8. The average Bonchev–Trinajstić information content (AvgIpc) is 3.38. The van der Waals surface area contributed by atoms with E-state index in [2.05, 4.69) is 5.32 Å². The molecule has 7 nitrogen and oxygen atoms in total. The van der Waals surface area contributed by atoms with Crippen molar-refractivity contribution >= 4 is 46.8 Å². The summed E-state index contributed by atoms with van der Waals surface area (Å²) in [7, 11) is 0. The number of esters is 1. The summed E-state index contributed by atoms with van der Waals surface area (Å²) in [6.45, 7) is 9.57. The van der Waals surface area contributed by atoms with Crippen LogP contribution < -0.4 is 5.32 Å². The number of aryl methyl sites for hydroxylation is 1. The fourth-order valence-electron chi connectivity index (χ4n) is 6.41. The molecule has 1 aromatic carbocycles. The van der Waals surface area contributed by atoms with E-state index < -0.39 is 33.4 Å². The van der Waals surface area contributed by atoms with Crippen LogP contribution >= 0.6 is 23.4 Å². The molecule has 0 aromatic heterocycles. The second kappa shape index (κ2) is 9.60. The van der Waals surface area contributed by atoms with Crippen LogP contribution in [0.25, 0.3) is 0 Å². The molecule has 4 rings (SSSR count). The molecule has 3 aliphatic rings. The fraction of sp³-hybridized carbons (Fsp3) is 0.654. The van der Waals surface area contributed by atoms with E-state index in [1.54, 1.807) is 29.7 Å². The lowest BCUT2D eigenvalue weighted by Gasteiger charge is -2.39. The van der Waals surface area contributed by atoms with E-state index in [4.69, 9.17) is 16.3 Å². The maximum Gasteiger partial charge on any atom is 0.311 e. The van der Waals surface area contributed by atoms with Crippen LogP contribution in [0.3, 0.4) is 0 Å². The zero-order chi connectivity index (χ0) is 25.7. The Morgan fingerprint density at radius 2 is 2.06 bits per heavy atom. The van der Waals surface area contributed by atoms with Crippen molar-refractivity contribution in [1.82, 2.24) is 4.90 Å². The minimum Gasteiger partial charge on any atom is -0.466 e. The highest BCUT2D eigenvalue weighted by Gasteiger charge is 2.78. The number of hydrogen-bond donors (Lipinski definition) is 2. The molecule has 2 unspecified atom stereocenters. The monoisotopic (exact) mass is 522 g/mol. The molecular weight excluding hydrogens is 488 g/mol. The van der Waals surface area contributed by atoms with Crippen LogP contribution in [0.1, 0.15) is 52.5 Å². The summed E-state index contributed by atoms with van der Waals surface area (Å²) in [6, 6.07) is 4.02. The maximum absolute atomic E-state index is 14.1. The van der Waals surface area contributed by atoms with Gasteiger partial charge in [0.15, 0.2) is 0 Å². The Morgan fingerprint density at radius 1 is 1.34 bits per heavy atom. The van der Waals surface area contributed by atoms with Crippen molar-refractivity contribution in [2.45, 2.75) is 75.5 Å². The van der Waals surface area contributed by atoms with E-state index in [0.29, 0.717) is 23.6 Å². The number of likely N-dealkylation sites (tertiary alicyclic amines) is 1. The van der Waals surface area contributed by atoms with E-state index in [9.17, 15) is 19.5 Å². The van der Waals surface area contributed by atoms with Crippen LogP contribution in [-0.4, -0.2) is 62.6 Å². The van der Waals surface area contributed by atoms with Crippen LogP contribution in [0.5, 0.6) is 0 Å². The third-order valence-corrected chi connectivity index (χ3v) is 10.6. The Labute approximate surface area is 216 Å². The Hall–Kier alpha value is -1.77. The number of aliphatic hydroxyl groups is 1. The van der Waals surface area contributed by atoms with Gasteiger partial charge in [-0.15, -0.1) is 11.8 Å². The third-order valence-electron chi connectivity index (χ3n) is 8.32. The van der Waals surface area contributed by atoms with E-state index in [-0.39, 0.29) is 36.9 Å². The van der Waals surface area contributed by atoms with Gasteiger partial charge in [0.2, 0.25) is 11.8 Å². The normalized spacial score (nSPS) is 32.9. The first-order valence-corrected chi connectivity index (χ1v) is 13.6. The highest BCUT2D eigenvalue weighted by Crippen LogP contribution is 2.71. The van der Waals surface area contributed by atoms with Gasteiger partial charge in [-0.3, -0.25) is 14.4 Å². The van der Waals surface area contributed by atoms with Gasteiger partial charge in [-0.2, -0.15) is 0 Å². The van der Waals surface area contributed by atoms with Crippen LogP contribution in [-0.2, 0) is 19.1 Å². The van der Waals surface area contributed by atoms with Crippen molar-refractivity contribution in [2.75, 3.05) is 18.5 Å². The standard InChI is InChI=1S/C26H35ClN2O5S/c1-6-14(3)17(13-30)29-21(22(31)28-20-15(4)9-8-10-16(20)27)26-12-11-25(5,35-26)19(18(26)23(29)32)24(33)34-7-2/h8-10,14,17-19,21,30H,6-7,11-13H2,1-5H3,(H,28,31)/t14-,17-,18-,19-,21?,25+,26?/m0/s1. The molecule has 192 valence electrons. The van der Waals surface area contributed by atoms with Gasteiger partial charge in [0.05, 0.1) is 46.5 Å². The molecule has 0 aliphatic carbocycles. The highest BCUT2D eigenvalue weighted by atomic mass is 35.5. The third kappa shape index (κ3) is 3.96. The molecule has 2 bridgehead atoms. The number of para-hydroxylation sites is 1. The van der Waals surface area contributed by atoms with E-state index >= 15 is 0 Å². The largest absolute Gasteiger partial charge is 0.466 e. The summed E-state index contributed by atoms with van der Waals surface area (Å²) in [5, 5.41) is 13.8. The van der Waals surface area contributed by atoms with Gasteiger partial charge in [0, 0.05) is 4.75 Å². The van der Waals surface area contributed by atoms with Gasteiger partial charge < -0.3 is 20.1 Å². The zero-order valence-corrected chi connectivity index (χ0v) is 22.5. The number of aliphatic hydroxyl groups excluding tert-OH is 1. The number of anilines is 1. The van der Waals surface area contributed by atoms with E-state index in [1.807, 2.05) is 39.8 Å². The molecule has 3 aliphatic heterocycles. The SMILES string of the molecule is CCOC(=O)[C@@H]1[C@H]2C(=O)N([C@@H](CO)[C@@H](C)CC)C(C(=O)Nc3c(C)cccc3Cl)C23CC[C@@]1(C)S3. The molecule has 1 spiro atoms. The van der Waals surface area contributed by atoms with Crippen molar-refractivity contribution in [1.29, 1.82) is 0 Å². The lowest BCUT2D eigenvalue weighted by atomic mass is 9.66. The number of nitrogens with zero attached hydrogens (tertiary/aromatic N) is 1. The number of fused-ring (bicyclic) bond motifs is 1. The van der Waals surface area contributed by atoms with Gasteiger partial charge in [-0.05, 0) is 51.2 Å². The van der Waals surface area contributed by atoms with E-state index in [0.717, 1.165) is 12.0 Å². The summed E-state index contributed by atoms with van der Waals surface area (Å²) in [4.78, 5) is 42.9. The van der Waals surface area contributed by atoms with Crippen LogP contribution in [0.4, 0.5) is 5.69 Å². The van der Waals surface area contributed by atoms with Crippen molar-refractivity contribution in [2.24, 2.45) is 17.8 Å². The Bertz CT molecular complexity index is 1020. The topological polar surface area (TPSA) is 95.9 Å². The number of amides is 2. The van der Waals surface area contributed by atoms with Gasteiger partial charge in [0.1, 0.15) is 6.04 Å². The van der Waals surface area contributed by atoms with Gasteiger partial charge in [0.25, 0.3) is 0 Å². The minimum absolute atomic E-state index is 0.0321. The van der Waals surface area contributed by atoms with Crippen LogP contribution in [0.15, 0.2) is 18.2 Å². The lowest BCUT2D eigenvalue weighted by molar-refractivity contribution is -0.155. The number of carbonyl (C=O) groups is 3. The summed E-state index contributed by atoms with van der Waals surface area (Å²) in [5.41, 5.74) is 1.33. The highest BCUT2D eigenvalue weighted by molar-refractivity contribution is 8.02. The number of halogens is 1. The zero-order valence-electron chi connectivity index (χ0n) is 21.0. The quantitative estimate of drug-likeness (QED) is 0.500. The first-order valence-electron chi connectivity index (χ1n) is 12.4. The molecule has 1 aromatic rings. The fourth-order valence-corrected chi connectivity index (χ4v) is 9.01. The molecule has 3 heterocycles. The maximum atomic E-state index is 14.1. The molecule has 0 radical (unpaired) electrons. The molecular formula is C26H35ClN2O5S. The molecule has 3 saturated heterocycles. The van der Waals surface area contributed by atoms with Crippen molar-refractivity contribution in [3.8, 4) is 0 Å². The summed E-state index contributed by atoms with van der Waals surface area (Å²) in [6.07, 6.45) is 2.08. The predicted molar refractivity (Wildman–Crippen MR) is 137 cm³/mol. The number of hydrogen-bond acceptors (Lipinski definition) is 6. The summed E-state index contributed by atoms with van der Waals surface area (Å²) < 4.78 is 4.16. The molecule has 2 N–H and O–H groups in total. The van der Waals surface area contributed by atoms with Gasteiger partial charge >= 0.3 is 5.97 Å². The predicted octanol–water partition coefficient (Wildman–Crippen LogP) is 4.04. The van der Waals surface area contributed by atoms with Crippen molar-refractivity contribution in [3.05, 3.63) is 28.8 Å². The Morgan fingerprint density at radius 3 is 2.66 bits per heavy atom. The molecule has 7 atom stereocenters. The number of nitrogens with one attached hydrogen (secondary N) is 1. The van der Waals surface area contributed by atoms with Gasteiger partial charge in [-0.1, -0.05) is 44.0 Å². The first-order chi connectivity index (χ1) is 16.6. The van der Waals surface area contributed by atoms with Crippen LogP contribution in [0, 0.1) is 24.7 Å². The number of benzene rings is 1. The molecule has 9 heteroatoms. The molecule has 3 fully saturated rings. The number of thioether (sulfide) groups is 1. The van der Waals surface area contributed by atoms with E-state index in [1.165, 1.54) is 0 Å². The number of carbonyl (C=O) groups excluding carboxylic acids is 3. The second-order valence-corrected chi connectivity index (χ2v) is 12.6. The second-order valence-electron chi connectivity index (χ2n) is 10.3. The first kappa shape index (κ1) is 26.3. The lowest BCUT2D eigenvalue weighted by Crippen LogP contribution is -2.56. The van der Waals surface area contributed by atoms with Crippen molar-refractivity contribution in [3.63, 3.8) is 0 Å². The molecule has 35 heavy (non-hydrogen) atoms. The summed E-state index contributed by atoms with van der Waals surface area (Å²) in [5.74, 6) is -2.29. The van der Waals surface area contributed by atoms with Gasteiger partial charge in [-0.25, -0.2) is 0 Å². The smallest absolute Gasteiger partial charge is 0.311 e. The van der Waals surface area contributed by atoms with Crippen molar-refractivity contribution < 1.29 is 24.2 Å². The van der Waals surface area contributed by atoms with Crippen LogP contribution in [0.2, 0.25) is 5.02 Å². The minimum atomic E-state index is -0.840. The number of ether oxygens (including phenoxy) is 1. The molecule has 2 amide bonds. The summed E-state index contributed by atoms with van der Waals surface area (Å²) >= 11 is 8.00.